The predicted molar refractivity (Wildman–Crippen MR) is 112 cm³/mol. The molecule has 0 aliphatic rings. The van der Waals surface area contributed by atoms with Crippen LogP contribution in [0.1, 0.15) is 37.6 Å². The zero-order chi connectivity index (χ0) is 19.8. The number of hydrogen-bond acceptors (Lipinski definition) is 4. The second-order valence-corrected chi connectivity index (χ2v) is 9.01. The van der Waals surface area contributed by atoms with Gasteiger partial charge in [0.2, 0.25) is 0 Å². The van der Waals surface area contributed by atoms with E-state index in [4.69, 9.17) is 16.3 Å². The van der Waals surface area contributed by atoms with Crippen molar-refractivity contribution in [3.05, 3.63) is 58.2 Å². The van der Waals surface area contributed by atoms with Gasteiger partial charge in [-0.2, -0.15) is 0 Å². The van der Waals surface area contributed by atoms with Gasteiger partial charge in [-0.15, -0.1) is 5.10 Å². The second-order valence-electron chi connectivity index (χ2n) is 7.54. The molecule has 3 aromatic rings. The van der Waals surface area contributed by atoms with Gasteiger partial charge >= 0.3 is 0 Å². The molecule has 0 fully saturated rings. The highest BCUT2D eigenvalue weighted by atomic mass is 35.5. The number of aromatic nitrogens is 3. The van der Waals surface area contributed by atoms with E-state index in [-0.39, 0.29) is 5.41 Å². The molecule has 0 unspecified atom stereocenters. The average Bonchev–Trinajstić information content (AvgIpc) is 2.97. The predicted octanol–water partition coefficient (Wildman–Crippen LogP) is 5.99. The average molecular weight is 402 g/mol. The molecule has 0 atom stereocenters. The molecule has 0 saturated heterocycles. The Hall–Kier alpha value is -1.98. The maximum absolute atomic E-state index is 6.22. The number of benzene rings is 2. The first-order chi connectivity index (χ1) is 12.7. The molecule has 1 aromatic heterocycles. The summed E-state index contributed by atoms with van der Waals surface area (Å²) in [6.07, 6.45) is 0. The van der Waals surface area contributed by atoms with Gasteiger partial charge in [0.1, 0.15) is 16.5 Å². The summed E-state index contributed by atoms with van der Waals surface area (Å²) in [6.45, 7) is 10.6. The summed E-state index contributed by atoms with van der Waals surface area (Å²) >= 11 is 7.83. The number of hydrogen-bond donors (Lipinski definition) is 0. The van der Waals surface area contributed by atoms with Crippen LogP contribution in [0.4, 0.5) is 0 Å². The Kier molecular flexibility index (Phi) is 5.54. The summed E-state index contributed by atoms with van der Waals surface area (Å²) in [5, 5.41) is 10.3. The van der Waals surface area contributed by atoms with Gasteiger partial charge in [0.25, 0.3) is 0 Å². The fraction of sp³-hybridized carbons (Fsp3) is 0.333. The molecule has 0 radical (unpaired) electrons. The summed E-state index contributed by atoms with van der Waals surface area (Å²) in [7, 11) is 1.63. The third kappa shape index (κ3) is 4.14. The number of rotatable bonds is 4. The first kappa shape index (κ1) is 19.8. The highest BCUT2D eigenvalue weighted by Gasteiger charge is 2.17. The van der Waals surface area contributed by atoms with E-state index >= 15 is 0 Å². The Bertz CT molecular complexity index is 959. The van der Waals surface area contributed by atoms with Crippen LogP contribution >= 0.6 is 23.4 Å². The Morgan fingerprint density at radius 1 is 1.07 bits per heavy atom. The quantitative estimate of drug-likeness (QED) is 0.537. The van der Waals surface area contributed by atoms with Crippen molar-refractivity contribution >= 4 is 23.4 Å². The van der Waals surface area contributed by atoms with Gasteiger partial charge in [-0.1, -0.05) is 61.5 Å². The highest BCUT2D eigenvalue weighted by molar-refractivity contribution is 7.99. The third-order valence-electron chi connectivity index (χ3n) is 4.48. The van der Waals surface area contributed by atoms with Gasteiger partial charge in [0.05, 0.1) is 12.8 Å². The van der Waals surface area contributed by atoms with Gasteiger partial charge in [-0.25, -0.2) is 4.68 Å². The van der Waals surface area contributed by atoms with Gasteiger partial charge in [0, 0.05) is 16.0 Å². The number of nitrogens with zero attached hydrogens (tertiary/aromatic N) is 3. The largest absolute Gasteiger partial charge is 0.494 e. The first-order valence-electron chi connectivity index (χ1n) is 8.76. The lowest BCUT2D eigenvalue weighted by Crippen LogP contribution is -2.10. The van der Waals surface area contributed by atoms with Crippen molar-refractivity contribution in [3.8, 4) is 11.4 Å². The Morgan fingerprint density at radius 3 is 2.33 bits per heavy atom. The van der Waals surface area contributed by atoms with E-state index in [9.17, 15) is 0 Å². The molecule has 1 heterocycles. The fourth-order valence-electron chi connectivity index (χ4n) is 2.75. The minimum absolute atomic E-state index is 0.144. The van der Waals surface area contributed by atoms with E-state index in [1.807, 2.05) is 26.0 Å². The lowest BCUT2D eigenvalue weighted by molar-refractivity contribution is 0.411. The topological polar surface area (TPSA) is 39.9 Å². The van der Waals surface area contributed by atoms with Crippen molar-refractivity contribution in [2.45, 2.75) is 50.0 Å². The smallest absolute Gasteiger partial charge is 0.147 e. The molecule has 3 rings (SSSR count). The molecule has 0 amide bonds. The summed E-state index contributed by atoms with van der Waals surface area (Å²) in [4.78, 5) is 1.14. The molecule has 0 aliphatic heterocycles. The highest BCUT2D eigenvalue weighted by Crippen LogP contribution is 2.34. The van der Waals surface area contributed by atoms with Crippen LogP contribution < -0.4 is 4.74 Å². The molecule has 0 bridgehead atoms. The van der Waals surface area contributed by atoms with Crippen molar-refractivity contribution in [3.63, 3.8) is 0 Å². The van der Waals surface area contributed by atoms with E-state index in [0.29, 0.717) is 10.8 Å². The van der Waals surface area contributed by atoms with Crippen molar-refractivity contribution < 1.29 is 4.74 Å². The standard InChI is InChI=1S/C21H24ClN3OS/c1-13-11-18(19(26-6)12-17(13)22)25-14(2)20(23-24-25)27-16-9-7-15(8-10-16)21(3,4)5/h7-12H,1-6H3. The summed E-state index contributed by atoms with van der Waals surface area (Å²) < 4.78 is 7.28. The maximum atomic E-state index is 6.22. The van der Waals surface area contributed by atoms with Crippen LogP contribution in [0, 0.1) is 13.8 Å². The number of halogens is 1. The second kappa shape index (κ2) is 7.56. The molecule has 0 aliphatic carbocycles. The van der Waals surface area contributed by atoms with Crippen LogP contribution in [0.3, 0.4) is 0 Å². The number of methoxy groups -OCH3 is 1. The molecular weight excluding hydrogens is 378 g/mol. The number of ether oxygens (including phenoxy) is 1. The SMILES string of the molecule is COc1cc(Cl)c(C)cc1-n1nnc(Sc2ccc(C(C)(C)C)cc2)c1C. The van der Waals surface area contributed by atoms with Crippen LogP contribution in [0.2, 0.25) is 5.02 Å². The van der Waals surface area contributed by atoms with Crippen LogP contribution in [-0.2, 0) is 5.41 Å². The minimum atomic E-state index is 0.144. The van der Waals surface area contributed by atoms with Gasteiger partial charge in [0.15, 0.2) is 0 Å². The molecule has 4 nitrogen and oxygen atoms in total. The monoisotopic (exact) mass is 401 g/mol. The maximum Gasteiger partial charge on any atom is 0.147 e. The summed E-state index contributed by atoms with van der Waals surface area (Å²) in [5.74, 6) is 0.671. The van der Waals surface area contributed by atoms with Gasteiger partial charge in [-0.05, 0) is 48.6 Å². The van der Waals surface area contributed by atoms with Crippen LogP contribution in [0.25, 0.3) is 5.69 Å². The molecular formula is C21H24ClN3OS. The molecule has 6 heteroatoms. The van der Waals surface area contributed by atoms with Crippen molar-refractivity contribution in [2.75, 3.05) is 7.11 Å². The van der Waals surface area contributed by atoms with E-state index in [1.54, 1.807) is 23.6 Å². The first-order valence-corrected chi connectivity index (χ1v) is 9.95. The molecule has 0 N–H and O–H groups in total. The molecule has 0 spiro atoms. The van der Waals surface area contributed by atoms with E-state index < -0.39 is 0 Å². The lowest BCUT2D eigenvalue weighted by atomic mass is 9.87. The summed E-state index contributed by atoms with van der Waals surface area (Å²) in [5.41, 5.74) is 4.22. The van der Waals surface area contributed by atoms with Gasteiger partial charge in [-0.3, -0.25) is 0 Å². The zero-order valence-corrected chi connectivity index (χ0v) is 18.1. The van der Waals surface area contributed by atoms with E-state index in [0.717, 1.165) is 26.9 Å². The van der Waals surface area contributed by atoms with Crippen molar-refractivity contribution in [2.24, 2.45) is 0 Å². The van der Waals surface area contributed by atoms with E-state index in [1.165, 1.54) is 5.56 Å². The molecule has 142 valence electrons. The summed E-state index contributed by atoms with van der Waals surface area (Å²) in [6, 6.07) is 12.4. The Balaban J connectivity index is 1.91. The van der Waals surface area contributed by atoms with Gasteiger partial charge < -0.3 is 4.74 Å². The lowest BCUT2D eigenvalue weighted by Gasteiger charge is -2.18. The molecule has 0 saturated carbocycles. The van der Waals surface area contributed by atoms with E-state index in [2.05, 4.69) is 55.3 Å². The Morgan fingerprint density at radius 2 is 1.74 bits per heavy atom. The Labute approximate surface area is 169 Å². The zero-order valence-electron chi connectivity index (χ0n) is 16.5. The fourth-order valence-corrected chi connectivity index (χ4v) is 3.71. The molecule has 27 heavy (non-hydrogen) atoms. The van der Waals surface area contributed by atoms with Crippen LogP contribution in [-0.4, -0.2) is 22.1 Å². The van der Waals surface area contributed by atoms with Crippen molar-refractivity contribution in [1.82, 2.24) is 15.0 Å². The van der Waals surface area contributed by atoms with Crippen LogP contribution in [0.5, 0.6) is 5.75 Å². The normalized spacial score (nSPS) is 11.7. The number of aryl methyl sites for hydroxylation is 1. The van der Waals surface area contributed by atoms with Crippen molar-refractivity contribution in [1.29, 1.82) is 0 Å². The molecule has 2 aromatic carbocycles. The van der Waals surface area contributed by atoms with Crippen LogP contribution in [0.15, 0.2) is 46.3 Å². The minimum Gasteiger partial charge on any atom is -0.494 e. The third-order valence-corrected chi connectivity index (χ3v) is 5.96.